The fraction of sp³-hybridized carbons (Fsp3) is 0.391. The van der Waals surface area contributed by atoms with Crippen molar-refractivity contribution in [2.45, 2.75) is 19.4 Å². The van der Waals surface area contributed by atoms with E-state index in [2.05, 4.69) is 20.8 Å². The Morgan fingerprint density at radius 2 is 2.14 bits per heavy atom. The van der Waals surface area contributed by atoms with E-state index in [1.165, 1.54) is 18.2 Å². The smallest absolute Gasteiger partial charge is 0.248 e. The van der Waals surface area contributed by atoms with Crippen molar-refractivity contribution in [3.63, 3.8) is 0 Å². The van der Waals surface area contributed by atoms with Crippen LogP contribution in [0.25, 0.3) is 0 Å². The van der Waals surface area contributed by atoms with Gasteiger partial charge in [-0.2, -0.15) is 5.26 Å². The first-order valence-electron chi connectivity index (χ1n) is 11.0. The Morgan fingerprint density at radius 3 is 2.80 bits per heavy atom. The van der Waals surface area contributed by atoms with E-state index in [-0.39, 0.29) is 18.2 Å². The van der Waals surface area contributed by atoms with Gasteiger partial charge in [0.25, 0.3) is 0 Å². The zero-order chi connectivity index (χ0) is 25.2. The Hall–Kier alpha value is -4.08. The number of hydrogen-bond acceptors (Lipinski definition) is 10. The predicted octanol–water partition coefficient (Wildman–Crippen LogP) is 1.13. The zero-order valence-corrected chi connectivity index (χ0v) is 19.6. The van der Waals surface area contributed by atoms with Crippen molar-refractivity contribution in [2.75, 3.05) is 56.2 Å². The molecular weight excluding hydrogens is 454 g/mol. The molecule has 12 nitrogen and oxygen atoms in total. The first-order chi connectivity index (χ1) is 17.0. The lowest BCUT2D eigenvalue weighted by Gasteiger charge is -2.29. The van der Waals surface area contributed by atoms with Crippen molar-refractivity contribution in [2.24, 2.45) is 0 Å². The Kier molecular flexibility index (Phi) is 9.05. The average molecular weight is 482 g/mol. The van der Waals surface area contributed by atoms with E-state index in [4.69, 9.17) is 14.8 Å². The van der Waals surface area contributed by atoms with Gasteiger partial charge >= 0.3 is 0 Å². The minimum absolute atomic E-state index is 0.0771. The number of aromatic nitrogens is 2. The lowest BCUT2D eigenvalue weighted by molar-refractivity contribution is -0.143. The highest BCUT2D eigenvalue weighted by atomic mass is 16.6. The van der Waals surface area contributed by atoms with Crippen LogP contribution >= 0.6 is 0 Å². The van der Waals surface area contributed by atoms with E-state index < -0.39 is 0 Å². The Morgan fingerprint density at radius 1 is 1.31 bits per heavy atom. The van der Waals surface area contributed by atoms with Gasteiger partial charge in [0, 0.05) is 44.5 Å². The van der Waals surface area contributed by atoms with Crippen molar-refractivity contribution in [1.82, 2.24) is 14.9 Å². The van der Waals surface area contributed by atoms with Crippen LogP contribution in [-0.2, 0) is 32.1 Å². The number of fused-ring (bicyclic) bond motifs is 1. The number of nitriles is 1. The number of aldehydes is 1. The maximum Gasteiger partial charge on any atom is 0.248 e. The van der Waals surface area contributed by atoms with Gasteiger partial charge in [-0.3, -0.25) is 29.6 Å². The average Bonchev–Trinajstić information content (AvgIpc) is 2.89. The first kappa shape index (κ1) is 25.5. The van der Waals surface area contributed by atoms with Crippen molar-refractivity contribution in [1.29, 1.82) is 5.26 Å². The Bertz CT molecular complexity index is 1120. The van der Waals surface area contributed by atoms with Gasteiger partial charge < -0.3 is 15.0 Å². The third-order valence-electron chi connectivity index (χ3n) is 5.48. The molecule has 35 heavy (non-hydrogen) atoms. The van der Waals surface area contributed by atoms with Gasteiger partial charge in [0.1, 0.15) is 30.0 Å². The zero-order valence-electron chi connectivity index (χ0n) is 19.6. The maximum absolute atomic E-state index is 11.8. The summed E-state index contributed by atoms with van der Waals surface area (Å²) < 4.78 is 5.10. The quantitative estimate of drug-likeness (QED) is 0.435. The number of nitrogens with one attached hydrogen (secondary N) is 2. The second-order valence-corrected chi connectivity index (χ2v) is 7.69. The second kappa shape index (κ2) is 12.4. The van der Waals surface area contributed by atoms with Crippen LogP contribution in [0.1, 0.15) is 33.6 Å². The number of aryl methyl sites for hydroxylation is 1. The van der Waals surface area contributed by atoms with Crippen molar-refractivity contribution in [3.05, 3.63) is 40.7 Å². The van der Waals surface area contributed by atoms with Crippen molar-refractivity contribution >= 4 is 35.9 Å². The molecule has 0 unspecified atom stereocenters. The van der Waals surface area contributed by atoms with Gasteiger partial charge in [0.15, 0.2) is 6.29 Å². The molecule has 1 fully saturated rings. The third-order valence-corrected chi connectivity index (χ3v) is 5.48. The largest absolute Gasteiger partial charge is 0.373 e. The minimum Gasteiger partial charge on any atom is -0.373 e. The minimum atomic E-state index is -0.0877. The van der Waals surface area contributed by atoms with E-state index >= 15 is 0 Å². The monoisotopic (exact) mass is 481 g/mol. The number of pyridine rings is 2. The van der Waals surface area contributed by atoms with E-state index in [1.54, 1.807) is 18.0 Å². The second-order valence-electron chi connectivity index (χ2n) is 7.69. The van der Waals surface area contributed by atoms with Crippen LogP contribution in [0.4, 0.5) is 17.3 Å². The summed E-state index contributed by atoms with van der Waals surface area (Å²) >= 11 is 0. The summed E-state index contributed by atoms with van der Waals surface area (Å²) in [4.78, 5) is 50.5. The topological polar surface area (TPSA) is 150 Å². The number of carbonyl (C=O) groups excluding carboxylic acids is 3. The summed E-state index contributed by atoms with van der Waals surface area (Å²) in [6.45, 7) is 2.04. The van der Waals surface area contributed by atoms with Crippen LogP contribution in [0.2, 0.25) is 0 Å². The van der Waals surface area contributed by atoms with E-state index in [9.17, 15) is 14.4 Å². The maximum atomic E-state index is 11.8. The molecule has 0 bridgehead atoms. The molecule has 12 heteroatoms. The number of anilines is 3. The van der Waals surface area contributed by atoms with Crippen molar-refractivity contribution in [3.8, 4) is 6.07 Å². The van der Waals surface area contributed by atoms with Crippen LogP contribution in [0.15, 0.2) is 18.3 Å². The Balaban J connectivity index is 0.000000225. The van der Waals surface area contributed by atoms with Crippen molar-refractivity contribution < 1.29 is 24.0 Å². The summed E-state index contributed by atoms with van der Waals surface area (Å²) in [5.41, 5.74) is 5.59. The molecule has 4 rings (SSSR count). The van der Waals surface area contributed by atoms with Crippen LogP contribution in [0.3, 0.4) is 0 Å². The summed E-state index contributed by atoms with van der Waals surface area (Å²) in [5.74, 6) is 1.15. The third kappa shape index (κ3) is 6.28. The lowest BCUT2D eigenvalue weighted by atomic mass is 10.0. The molecule has 0 atom stereocenters. The van der Waals surface area contributed by atoms with Gasteiger partial charge in [0.05, 0.1) is 25.0 Å². The predicted molar refractivity (Wildman–Crippen MR) is 127 cm³/mol. The number of hydrogen-bond donors (Lipinski definition) is 2. The molecule has 2 aliphatic rings. The fourth-order valence-corrected chi connectivity index (χ4v) is 3.71. The molecule has 2 amide bonds. The molecule has 1 saturated heterocycles. The molecule has 2 aromatic heterocycles. The SMILES string of the molecule is CNc1cc(NOC)c(C#N)cn1.O=Cc1nc2c(cc1CN1CCOCC1=O)CCCN2C=O. The molecule has 0 saturated carbocycles. The summed E-state index contributed by atoms with van der Waals surface area (Å²) in [6, 6.07) is 5.59. The van der Waals surface area contributed by atoms with Crippen LogP contribution in [0.5, 0.6) is 0 Å². The van der Waals surface area contributed by atoms with E-state index in [0.717, 1.165) is 30.4 Å². The summed E-state index contributed by atoms with van der Waals surface area (Å²) in [6.07, 6.45) is 4.58. The molecule has 0 aliphatic carbocycles. The molecule has 0 spiro atoms. The summed E-state index contributed by atoms with van der Waals surface area (Å²) in [7, 11) is 3.24. The molecule has 2 N–H and O–H groups in total. The van der Waals surface area contributed by atoms with E-state index in [1.807, 2.05) is 12.1 Å². The van der Waals surface area contributed by atoms with Gasteiger partial charge in [0.2, 0.25) is 12.3 Å². The summed E-state index contributed by atoms with van der Waals surface area (Å²) in [5, 5.41) is 11.6. The number of ether oxygens (including phenoxy) is 1. The number of carbonyl (C=O) groups is 3. The fourth-order valence-electron chi connectivity index (χ4n) is 3.71. The molecule has 0 aromatic carbocycles. The van der Waals surface area contributed by atoms with Gasteiger partial charge in [-0.1, -0.05) is 0 Å². The van der Waals surface area contributed by atoms with Crippen LogP contribution in [0, 0.1) is 11.3 Å². The lowest BCUT2D eigenvalue weighted by Crippen LogP contribution is -2.41. The molecule has 2 aromatic rings. The highest BCUT2D eigenvalue weighted by molar-refractivity contribution is 5.82. The number of amides is 2. The van der Waals surface area contributed by atoms with Gasteiger partial charge in [-0.15, -0.1) is 0 Å². The molecule has 184 valence electrons. The van der Waals surface area contributed by atoms with E-state index in [0.29, 0.717) is 55.4 Å². The molecule has 2 aliphatic heterocycles. The normalized spacial score (nSPS) is 14.7. The Labute approximate surface area is 202 Å². The first-order valence-corrected chi connectivity index (χ1v) is 11.0. The van der Waals surface area contributed by atoms with Crippen LogP contribution < -0.4 is 15.7 Å². The number of nitrogens with zero attached hydrogens (tertiary/aromatic N) is 5. The van der Waals surface area contributed by atoms with Gasteiger partial charge in [-0.25, -0.2) is 9.97 Å². The number of rotatable bonds is 7. The number of morpholine rings is 1. The van der Waals surface area contributed by atoms with Gasteiger partial charge in [-0.05, 0) is 24.5 Å². The highest BCUT2D eigenvalue weighted by Gasteiger charge is 2.24. The highest BCUT2D eigenvalue weighted by Crippen LogP contribution is 2.27. The molecular formula is C23H27N7O5. The van der Waals surface area contributed by atoms with Crippen LogP contribution in [-0.4, -0.2) is 73.9 Å². The molecule has 0 radical (unpaired) electrons. The molecule has 4 heterocycles. The standard InChI is InChI=1S/C15H17N3O4.C8H10N4O/c19-8-13-12(7-17-4-5-22-9-14(17)21)6-11-2-1-3-18(10-20)15(11)16-13;1-10-8-3-7(12-13-2)6(4-9)5-11-8/h6,8,10H,1-5,7,9H2;3,5H,1-2H3,(H2,10,11,12).